The van der Waals surface area contributed by atoms with Crippen LogP contribution in [0.4, 0.5) is 0 Å². The Labute approximate surface area is 105 Å². The Kier molecular flexibility index (Phi) is 5.02. The van der Waals surface area contributed by atoms with Crippen molar-refractivity contribution in [3.8, 4) is 0 Å². The molecule has 1 aliphatic heterocycles. The topological polar surface area (TPSA) is 15.3 Å². The number of rotatable bonds is 5. The normalized spacial score (nSPS) is 19.1. The van der Waals surface area contributed by atoms with E-state index in [4.69, 9.17) is 0 Å². The first-order valence-corrected chi connectivity index (χ1v) is 6.84. The van der Waals surface area contributed by atoms with Crippen LogP contribution in [0.15, 0.2) is 30.3 Å². The van der Waals surface area contributed by atoms with Crippen LogP contribution in [0.25, 0.3) is 0 Å². The largest absolute Gasteiger partial charge is 0.313 e. The van der Waals surface area contributed by atoms with E-state index in [1.54, 1.807) is 0 Å². The van der Waals surface area contributed by atoms with Gasteiger partial charge in [-0.2, -0.15) is 0 Å². The van der Waals surface area contributed by atoms with Crippen molar-refractivity contribution in [1.82, 2.24) is 10.2 Å². The van der Waals surface area contributed by atoms with Gasteiger partial charge in [0.15, 0.2) is 0 Å². The summed E-state index contributed by atoms with van der Waals surface area (Å²) in [6, 6.07) is 11.3. The molecule has 0 spiro atoms. The molecule has 1 aliphatic rings. The van der Waals surface area contributed by atoms with Crippen LogP contribution >= 0.6 is 0 Å². The quantitative estimate of drug-likeness (QED) is 0.840. The monoisotopic (exact) mass is 232 g/mol. The molecule has 1 N–H and O–H groups in total. The van der Waals surface area contributed by atoms with Gasteiger partial charge in [-0.05, 0) is 51.5 Å². The van der Waals surface area contributed by atoms with E-state index >= 15 is 0 Å². The molecule has 1 saturated heterocycles. The fraction of sp³-hybridized carbons (Fsp3) is 0.600. The number of hydrogen-bond acceptors (Lipinski definition) is 2. The second kappa shape index (κ2) is 6.77. The lowest BCUT2D eigenvalue weighted by Crippen LogP contribution is -2.32. The first-order chi connectivity index (χ1) is 8.40. The Morgan fingerprint density at radius 2 is 1.82 bits per heavy atom. The van der Waals surface area contributed by atoms with E-state index < -0.39 is 0 Å². The maximum absolute atomic E-state index is 3.43. The lowest BCUT2D eigenvalue weighted by Gasteiger charge is -2.28. The van der Waals surface area contributed by atoms with Gasteiger partial charge in [0.25, 0.3) is 0 Å². The summed E-state index contributed by atoms with van der Waals surface area (Å²) in [4.78, 5) is 2.61. The van der Waals surface area contributed by atoms with E-state index in [1.165, 1.54) is 50.9 Å². The predicted octanol–water partition coefficient (Wildman–Crippen LogP) is 2.82. The molecule has 1 aromatic carbocycles. The molecular formula is C15H24N2. The van der Waals surface area contributed by atoms with Crippen molar-refractivity contribution >= 4 is 0 Å². The van der Waals surface area contributed by atoms with E-state index in [0.29, 0.717) is 6.04 Å². The third-order valence-electron chi connectivity index (χ3n) is 3.73. The molecule has 17 heavy (non-hydrogen) atoms. The molecule has 0 radical (unpaired) electrons. The van der Waals surface area contributed by atoms with Crippen LogP contribution in [0.1, 0.15) is 37.3 Å². The highest BCUT2D eigenvalue weighted by Crippen LogP contribution is 2.17. The second-order valence-electron chi connectivity index (χ2n) is 4.94. The zero-order chi connectivity index (χ0) is 11.9. The molecule has 0 saturated carbocycles. The fourth-order valence-electron chi connectivity index (χ4n) is 2.66. The predicted molar refractivity (Wildman–Crippen MR) is 73.2 cm³/mol. The molecule has 1 fully saturated rings. The summed E-state index contributed by atoms with van der Waals surface area (Å²) in [6.07, 6.45) is 5.40. The molecule has 2 heteroatoms. The van der Waals surface area contributed by atoms with E-state index in [9.17, 15) is 0 Å². The number of piperidine rings is 1. The zero-order valence-electron chi connectivity index (χ0n) is 10.9. The lowest BCUT2D eigenvalue weighted by molar-refractivity contribution is 0.218. The lowest BCUT2D eigenvalue weighted by atomic mass is 10.0. The maximum atomic E-state index is 3.43. The molecule has 1 heterocycles. The van der Waals surface area contributed by atoms with Gasteiger partial charge < -0.3 is 10.2 Å². The van der Waals surface area contributed by atoms with E-state index in [2.05, 4.69) is 47.6 Å². The van der Waals surface area contributed by atoms with Crippen LogP contribution in [0.3, 0.4) is 0 Å². The molecule has 1 atom stereocenters. The smallest absolute Gasteiger partial charge is 0.0329 e. The molecule has 2 nitrogen and oxygen atoms in total. The van der Waals surface area contributed by atoms with Gasteiger partial charge in [0.2, 0.25) is 0 Å². The average Bonchev–Trinajstić information content (AvgIpc) is 2.42. The molecule has 0 amide bonds. The highest BCUT2D eigenvalue weighted by atomic mass is 15.1. The van der Waals surface area contributed by atoms with Gasteiger partial charge >= 0.3 is 0 Å². The summed E-state index contributed by atoms with van der Waals surface area (Å²) < 4.78 is 0. The van der Waals surface area contributed by atoms with Crippen LogP contribution in [0.2, 0.25) is 0 Å². The summed E-state index contributed by atoms with van der Waals surface area (Å²) in [5, 5.41) is 3.43. The standard InChI is InChI=1S/C15H24N2/c1-16-15(14-8-4-2-5-9-14)10-13-17-11-6-3-7-12-17/h2,4-5,8-9,15-16H,3,6-7,10-13H2,1H3/t15-/m1/s1. The van der Waals surface area contributed by atoms with Gasteiger partial charge in [-0.3, -0.25) is 0 Å². The van der Waals surface area contributed by atoms with Gasteiger partial charge in [0, 0.05) is 6.04 Å². The van der Waals surface area contributed by atoms with Gasteiger partial charge in [0.1, 0.15) is 0 Å². The van der Waals surface area contributed by atoms with Crippen molar-refractivity contribution in [2.75, 3.05) is 26.7 Å². The van der Waals surface area contributed by atoms with Crippen molar-refractivity contribution in [2.24, 2.45) is 0 Å². The molecular weight excluding hydrogens is 208 g/mol. The summed E-state index contributed by atoms with van der Waals surface area (Å²) in [7, 11) is 2.06. The number of hydrogen-bond donors (Lipinski definition) is 1. The highest BCUT2D eigenvalue weighted by molar-refractivity contribution is 5.18. The highest BCUT2D eigenvalue weighted by Gasteiger charge is 2.13. The van der Waals surface area contributed by atoms with E-state index in [0.717, 1.165) is 0 Å². The minimum absolute atomic E-state index is 0.498. The third-order valence-corrected chi connectivity index (χ3v) is 3.73. The van der Waals surface area contributed by atoms with Crippen LogP contribution in [0, 0.1) is 0 Å². The van der Waals surface area contributed by atoms with Crippen molar-refractivity contribution in [1.29, 1.82) is 0 Å². The second-order valence-corrected chi connectivity index (χ2v) is 4.94. The SMILES string of the molecule is CN[C@H](CCN1CCCCC1)c1ccccc1. The van der Waals surface area contributed by atoms with Crippen molar-refractivity contribution < 1.29 is 0 Å². The third kappa shape index (κ3) is 3.83. The number of benzene rings is 1. The minimum Gasteiger partial charge on any atom is -0.313 e. The zero-order valence-corrected chi connectivity index (χ0v) is 10.9. The van der Waals surface area contributed by atoms with Gasteiger partial charge in [0.05, 0.1) is 0 Å². The Balaban J connectivity index is 1.83. The van der Waals surface area contributed by atoms with E-state index in [-0.39, 0.29) is 0 Å². The molecule has 0 unspecified atom stereocenters. The summed E-state index contributed by atoms with van der Waals surface area (Å²) in [5.74, 6) is 0. The van der Waals surface area contributed by atoms with Crippen LogP contribution in [-0.4, -0.2) is 31.6 Å². The molecule has 94 valence electrons. The molecule has 0 aliphatic carbocycles. The Bertz CT molecular complexity index is 304. The van der Waals surface area contributed by atoms with Crippen molar-refractivity contribution in [3.05, 3.63) is 35.9 Å². The van der Waals surface area contributed by atoms with Crippen LogP contribution < -0.4 is 5.32 Å². The van der Waals surface area contributed by atoms with Gasteiger partial charge in [-0.25, -0.2) is 0 Å². The Hall–Kier alpha value is -0.860. The van der Waals surface area contributed by atoms with Crippen molar-refractivity contribution in [3.63, 3.8) is 0 Å². The maximum Gasteiger partial charge on any atom is 0.0329 e. The summed E-state index contributed by atoms with van der Waals surface area (Å²) in [5.41, 5.74) is 1.41. The first-order valence-electron chi connectivity index (χ1n) is 6.84. The summed E-state index contributed by atoms with van der Waals surface area (Å²) in [6.45, 7) is 3.82. The van der Waals surface area contributed by atoms with Crippen molar-refractivity contribution in [2.45, 2.75) is 31.7 Å². The fourth-order valence-corrected chi connectivity index (χ4v) is 2.66. The molecule has 1 aromatic rings. The average molecular weight is 232 g/mol. The number of nitrogens with one attached hydrogen (secondary N) is 1. The minimum atomic E-state index is 0.498. The molecule has 0 aromatic heterocycles. The summed E-state index contributed by atoms with van der Waals surface area (Å²) >= 11 is 0. The van der Waals surface area contributed by atoms with E-state index in [1.807, 2.05) is 0 Å². The Morgan fingerprint density at radius 3 is 2.47 bits per heavy atom. The Morgan fingerprint density at radius 1 is 1.12 bits per heavy atom. The van der Waals surface area contributed by atoms with Gasteiger partial charge in [-0.1, -0.05) is 36.8 Å². The number of likely N-dealkylation sites (tertiary alicyclic amines) is 1. The van der Waals surface area contributed by atoms with Crippen LogP contribution in [-0.2, 0) is 0 Å². The molecule has 0 bridgehead atoms. The van der Waals surface area contributed by atoms with Crippen LogP contribution in [0.5, 0.6) is 0 Å². The first kappa shape index (κ1) is 12.6. The number of nitrogens with zero attached hydrogens (tertiary/aromatic N) is 1. The molecule has 2 rings (SSSR count). The van der Waals surface area contributed by atoms with Gasteiger partial charge in [-0.15, -0.1) is 0 Å².